The number of rotatable bonds is 4. The van der Waals surface area contributed by atoms with Gasteiger partial charge in [0.15, 0.2) is 0 Å². The van der Waals surface area contributed by atoms with Gasteiger partial charge in [0.2, 0.25) is 11.8 Å². The van der Waals surface area contributed by atoms with Gasteiger partial charge in [-0.1, -0.05) is 12.1 Å². The minimum atomic E-state index is -0.482. The molecule has 0 bridgehead atoms. The maximum Gasteiger partial charge on any atom is 0.248 e. The highest BCUT2D eigenvalue weighted by atomic mass is 16.5. The van der Waals surface area contributed by atoms with Crippen LogP contribution in [0.25, 0.3) is 6.08 Å². The van der Waals surface area contributed by atoms with Gasteiger partial charge in [0.05, 0.1) is 19.3 Å². The number of carbonyl (C=O) groups is 2. The lowest BCUT2D eigenvalue weighted by Gasteiger charge is -2.31. The predicted octanol–water partition coefficient (Wildman–Crippen LogP) is 0.0184. The number of benzene rings is 1. The molecule has 0 aromatic heterocycles. The molecule has 0 radical (unpaired) electrons. The van der Waals surface area contributed by atoms with Crippen LogP contribution < -0.4 is 5.73 Å². The molecule has 1 saturated heterocycles. The van der Waals surface area contributed by atoms with Gasteiger partial charge in [0.1, 0.15) is 0 Å². The number of carbonyl (C=O) groups excluding carboxylic acids is 2. The van der Waals surface area contributed by atoms with Gasteiger partial charge in [-0.25, -0.2) is 0 Å². The summed E-state index contributed by atoms with van der Waals surface area (Å²) in [6.07, 6.45) is 2.83. The molecule has 6 nitrogen and oxygen atoms in total. The second kappa shape index (κ2) is 7.01. The van der Waals surface area contributed by atoms with Crippen LogP contribution in [0.15, 0.2) is 30.3 Å². The molecule has 0 saturated carbocycles. The van der Waals surface area contributed by atoms with E-state index in [-0.39, 0.29) is 18.6 Å². The average molecular weight is 290 g/mol. The summed E-state index contributed by atoms with van der Waals surface area (Å²) in [5.41, 5.74) is 6.39. The maximum absolute atomic E-state index is 12.0. The molecule has 1 aromatic rings. The fourth-order valence-electron chi connectivity index (χ4n) is 2.06. The average Bonchev–Trinajstić information content (AvgIpc) is 2.53. The van der Waals surface area contributed by atoms with Crippen LogP contribution in [0.1, 0.15) is 15.9 Å². The third-order valence-corrected chi connectivity index (χ3v) is 3.27. The van der Waals surface area contributed by atoms with Crippen molar-refractivity contribution in [2.75, 3.05) is 26.3 Å². The highest BCUT2D eigenvalue weighted by Crippen LogP contribution is 2.08. The van der Waals surface area contributed by atoms with Crippen molar-refractivity contribution in [3.63, 3.8) is 0 Å². The quantitative estimate of drug-likeness (QED) is 0.764. The fourth-order valence-corrected chi connectivity index (χ4v) is 2.06. The van der Waals surface area contributed by atoms with Crippen LogP contribution in [0.2, 0.25) is 0 Å². The maximum atomic E-state index is 12.0. The number of amides is 2. The van der Waals surface area contributed by atoms with E-state index in [9.17, 15) is 9.59 Å². The van der Waals surface area contributed by atoms with Crippen LogP contribution in [-0.4, -0.2) is 54.2 Å². The second-order valence-corrected chi connectivity index (χ2v) is 4.78. The van der Waals surface area contributed by atoms with Gasteiger partial charge in [-0.15, -0.1) is 0 Å². The number of aliphatic hydroxyl groups is 1. The Morgan fingerprint density at radius 2 is 2.10 bits per heavy atom. The molecule has 1 fully saturated rings. The standard InChI is InChI=1S/C15H18N2O4/c16-15(20)12-4-1-11(2-5-12)3-6-14(19)17-7-8-21-13(9-17)10-18/h1-6,13,18H,7-10H2,(H2,16,20)/b6-3+. The number of aliphatic hydroxyl groups excluding tert-OH is 1. The number of morpholine rings is 1. The van der Waals surface area contributed by atoms with Gasteiger partial charge in [-0.3, -0.25) is 9.59 Å². The monoisotopic (exact) mass is 290 g/mol. The van der Waals surface area contributed by atoms with E-state index >= 15 is 0 Å². The normalized spacial score (nSPS) is 18.9. The molecule has 3 N–H and O–H groups in total. The third kappa shape index (κ3) is 4.14. The van der Waals surface area contributed by atoms with E-state index in [0.717, 1.165) is 5.56 Å². The first kappa shape index (κ1) is 15.2. The molecule has 0 spiro atoms. The van der Waals surface area contributed by atoms with Gasteiger partial charge in [0.25, 0.3) is 0 Å². The lowest BCUT2D eigenvalue weighted by atomic mass is 10.1. The number of nitrogens with two attached hydrogens (primary N) is 1. The first-order chi connectivity index (χ1) is 10.1. The Labute approximate surface area is 122 Å². The van der Waals surface area contributed by atoms with E-state index in [1.807, 2.05) is 0 Å². The zero-order valence-electron chi connectivity index (χ0n) is 11.6. The summed E-state index contributed by atoms with van der Waals surface area (Å²) >= 11 is 0. The van der Waals surface area contributed by atoms with Gasteiger partial charge < -0.3 is 20.5 Å². The summed E-state index contributed by atoms with van der Waals surface area (Å²) in [5, 5.41) is 9.05. The van der Waals surface area contributed by atoms with Crippen LogP contribution in [-0.2, 0) is 9.53 Å². The van der Waals surface area contributed by atoms with Crippen molar-refractivity contribution in [3.8, 4) is 0 Å². The van der Waals surface area contributed by atoms with E-state index in [1.54, 1.807) is 35.2 Å². The Hall–Kier alpha value is -2.18. The second-order valence-electron chi connectivity index (χ2n) is 4.78. The fraction of sp³-hybridized carbons (Fsp3) is 0.333. The van der Waals surface area contributed by atoms with Crippen LogP contribution in [0.5, 0.6) is 0 Å². The van der Waals surface area contributed by atoms with Crippen LogP contribution in [0, 0.1) is 0 Å². The number of hydrogen-bond donors (Lipinski definition) is 2. The van der Waals surface area contributed by atoms with E-state index < -0.39 is 5.91 Å². The van der Waals surface area contributed by atoms with E-state index in [1.165, 1.54) is 6.08 Å². The molecule has 1 atom stereocenters. The summed E-state index contributed by atoms with van der Waals surface area (Å²) in [6.45, 7) is 1.24. The minimum Gasteiger partial charge on any atom is -0.394 e. The van der Waals surface area contributed by atoms with Crippen molar-refractivity contribution >= 4 is 17.9 Å². The number of primary amides is 1. The molecule has 1 heterocycles. The molecule has 1 aliphatic rings. The molecule has 2 rings (SSSR count). The van der Waals surface area contributed by atoms with Gasteiger partial charge >= 0.3 is 0 Å². The SMILES string of the molecule is NC(=O)c1ccc(/C=C/C(=O)N2CCOC(CO)C2)cc1. The Morgan fingerprint density at radius 1 is 1.38 bits per heavy atom. The molecular formula is C15H18N2O4. The van der Waals surface area contributed by atoms with E-state index in [0.29, 0.717) is 25.3 Å². The van der Waals surface area contributed by atoms with Crippen molar-refractivity contribution in [1.29, 1.82) is 0 Å². The van der Waals surface area contributed by atoms with Crippen LogP contribution in [0.4, 0.5) is 0 Å². The predicted molar refractivity (Wildman–Crippen MR) is 77.4 cm³/mol. The van der Waals surface area contributed by atoms with Crippen LogP contribution in [0.3, 0.4) is 0 Å². The summed E-state index contributed by atoms with van der Waals surface area (Å²) in [7, 11) is 0. The van der Waals surface area contributed by atoms with Crippen molar-refractivity contribution in [2.24, 2.45) is 5.73 Å². The molecule has 0 aliphatic carbocycles. The smallest absolute Gasteiger partial charge is 0.248 e. The highest BCUT2D eigenvalue weighted by Gasteiger charge is 2.22. The number of ether oxygens (including phenoxy) is 1. The zero-order valence-corrected chi connectivity index (χ0v) is 11.6. The van der Waals surface area contributed by atoms with Gasteiger partial charge in [0, 0.05) is 24.7 Å². The summed E-state index contributed by atoms with van der Waals surface area (Å²) in [6, 6.07) is 6.67. The Balaban J connectivity index is 1.96. The van der Waals surface area contributed by atoms with Crippen molar-refractivity contribution in [2.45, 2.75) is 6.10 Å². The molecule has 21 heavy (non-hydrogen) atoms. The number of nitrogens with zero attached hydrogens (tertiary/aromatic N) is 1. The first-order valence-electron chi connectivity index (χ1n) is 6.69. The molecule has 112 valence electrons. The Bertz CT molecular complexity index is 539. The Morgan fingerprint density at radius 3 is 2.71 bits per heavy atom. The lowest BCUT2D eigenvalue weighted by Crippen LogP contribution is -2.46. The van der Waals surface area contributed by atoms with Gasteiger partial charge in [-0.05, 0) is 23.8 Å². The largest absolute Gasteiger partial charge is 0.394 e. The zero-order chi connectivity index (χ0) is 15.2. The Kier molecular flexibility index (Phi) is 5.08. The molecule has 2 amide bonds. The van der Waals surface area contributed by atoms with Crippen molar-refractivity contribution < 1.29 is 19.4 Å². The minimum absolute atomic E-state index is 0.0952. The van der Waals surface area contributed by atoms with E-state index in [4.69, 9.17) is 15.6 Å². The summed E-state index contributed by atoms with van der Waals surface area (Å²) in [4.78, 5) is 24.6. The third-order valence-electron chi connectivity index (χ3n) is 3.27. The van der Waals surface area contributed by atoms with Gasteiger partial charge in [-0.2, -0.15) is 0 Å². The molecule has 1 aliphatic heterocycles. The first-order valence-corrected chi connectivity index (χ1v) is 6.69. The highest BCUT2D eigenvalue weighted by molar-refractivity contribution is 5.94. The topological polar surface area (TPSA) is 92.9 Å². The van der Waals surface area contributed by atoms with Crippen molar-refractivity contribution in [3.05, 3.63) is 41.5 Å². The molecular weight excluding hydrogens is 272 g/mol. The molecule has 6 heteroatoms. The molecule has 1 aromatic carbocycles. The van der Waals surface area contributed by atoms with E-state index in [2.05, 4.69) is 0 Å². The summed E-state index contributed by atoms with van der Waals surface area (Å²) in [5.74, 6) is -0.610. The summed E-state index contributed by atoms with van der Waals surface area (Å²) < 4.78 is 5.29. The van der Waals surface area contributed by atoms with Crippen LogP contribution >= 0.6 is 0 Å². The lowest BCUT2D eigenvalue weighted by molar-refractivity contribution is -0.134. The molecule has 1 unspecified atom stereocenters. The number of hydrogen-bond acceptors (Lipinski definition) is 4. The van der Waals surface area contributed by atoms with Crippen molar-refractivity contribution in [1.82, 2.24) is 4.90 Å².